The van der Waals surface area contributed by atoms with Crippen LogP contribution in [0.5, 0.6) is 0 Å². The van der Waals surface area contributed by atoms with Crippen LogP contribution in [0.15, 0.2) is 11.6 Å². The van der Waals surface area contributed by atoms with Crippen LogP contribution in [-0.2, 0) is 0 Å². The summed E-state index contributed by atoms with van der Waals surface area (Å²) in [6.07, 6.45) is 5.73. The topological polar surface area (TPSA) is 0 Å². The summed E-state index contributed by atoms with van der Waals surface area (Å²) < 4.78 is 0. The van der Waals surface area contributed by atoms with E-state index in [1.807, 2.05) is 0 Å². The normalized spacial score (nSPS) is 24.2. The Balaban J connectivity index is 2.57. The Bertz CT molecular complexity index is 188. The predicted octanol–water partition coefficient (Wildman–Crippen LogP) is 2.76. The molecule has 0 heteroatoms. The van der Waals surface area contributed by atoms with Gasteiger partial charge >= 0.3 is 0 Å². The zero-order valence-corrected chi connectivity index (χ0v) is 6.78. The molecule has 0 saturated heterocycles. The van der Waals surface area contributed by atoms with Gasteiger partial charge in [0.25, 0.3) is 0 Å². The van der Waals surface area contributed by atoms with Crippen molar-refractivity contribution in [2.75, 3.05) is 0 Å². The van der Waals surface area contributed by atoms with E-state index in [1.54, 1.807) is 0 Å². The minimum atomic E-state index is 0.647. The first-order valence-electron chi connectivity index (χ1n) is 3.99. The second-order valence-electron chi connectivity index (χ2n) is 2.92. The standard InChI is InChI=1S/C10H14/c1-3-10-6-4-5-9(2)7-8-10/h5,10H,3,7-8H2,1-2H3. The minimum absolute atomic E-state index is 0.647. The molecule has 1 aliphatic carbocycles. The summed E-state index contributed by atoms with van der Waals surface area (Å²) in [6, 6.07) is 0. The third-order valence-electron chi connectivity index (χ3n) is 1.99. The smallest absolute Gasteiger partial charge is 0.0206 e. The Labute approximate surface area is 63.3 Å². The van der Waals surface area contributed by atoms with Crippen LogP contribution in [0.3, 0.4) is 0 Å². The maximum atomic E-state index is 3.24. The second kappa shape index (κ2) is 3.46. The van der Waals surface area contributed by atoms with Gasteiger partial charge in [0, 0.05) is 5.92 Å². The van der Waals surface area contributed by atoms with E-state index in [9.17, 15) is 0 Å². The van der Waals surface area contributed by atoms with Gasteiger partial charge < -0.3 is 0 Å². The third-order valence-corrected chi connectivity index (χ3v) is 1.99. The molecule has 0 spiro atoms. The van der Waals surface area contributed by atoms with E-state index in [0.29, 0.717) is 5.92 Å². The molecule has 1 rings (SSSR count). The van der Waals surface area contributed by atoms with Gasteiger partial charge in [0.2, 0.25) is 0 Å². The van der Waals surface area contributed by atoms with E-state index in [4.69, 9.17) is 0 Å². The molecule has 0 amide bonds. The van der Waals surface area contributed by atoms with Crippen LogP contribution in [0.25, 0.3) is 0 Å². The molecule has 1 aliphatic rings. The maximum absolute atomic E-state index is 3.24. The summed E-state index contributed by atoms with van der Waals surface area (Å²) in [5.74, 6) is 6.97. The monoisotopic (exact) mass is 134 g/mol. The van der Waals surface area contributed by atoms with Crippen molar-refractivity contribution in [3.05, 3.63) is 11.6 Å². The van der Waals surface area contributed by atoms with Crippen LogP contribution in [0, 0.1) is 17.8 Å². The Morgan fingerprint density at radius 2 is 2.50 bits per heavy atom. The molecular weight excluding hydrogens is 120 g/mol. The van der Waals surface area contributed by atoms with E-state index in [1.165, 1.54) is 24.8 Å². The highest BCUT2D eigenvalue weighted by Crippen LogP contribution is 2.16. The fraction of sp³-hybridized carbons (Fsp3) is 0.600. The van der Waals surface area contributed by atoms with Gasteiger partial charge in [-0.15, -0.1) is 0 Å². The number of hydrogen-bond acceptors (Lipinski definition) is 0. The predicted molar refractivity (Wildman–Crippen MR) is 44.5 cm³/mol. The SMILES string of the molecule is CCC1C#CC=C(C)CC1. The van der Waals surface area contributed by atoms with Crippen LogP contribution in [0.2, 0.25) is 0 Å². The maximum Gasteiger partial charge on any atom is 0.0206 e. The van der Waals surface area contributed by atoms with Crippen molar-refractivity contribution in [1.82, 2.24) is 0 Å². The molecule has 0 aromatic heterocycles. The molecular formula is C10H14. The Hall–Kier alpha value is -0.700. The van der Waals surface area contributed by atoms with Gasteiger partial charge in [-0.2, -0.15) is 0 Å². The van der Waals surface area contributed by atoms with Gasteiger partial charge in [0.05, 0.1) is 0 Å². The number of hydrogen-bond donors (Lipinski definition) is 0. The molecule has 0 aliphatic heterocycles. The van der Waals surface area contributed by atoms with Crippen LogP contribution in [0.4, 0.5) is 0 Å². The molecule has 0 radical (unpaired) electrons. The lowest BCUT2D eigenvalue weighted by Gasteiger charge is -2.04. The summed E-state index contributed by atoms with van der Waals surface area (Å²) in [5, 5.41) is 0. The highest BCUT2D eigenvalue weighted by atomic mass is 14.1. The lowest BCUT2D eigenvalue weighted by molar-refractivity contribution is 0.592. The van der Waals surface area contributed by atoms with E-state index in [2.05, 4.69) is 31.8 Å². The van der Waals surface area contributed by atoms with Crippen LogP contribution in [-0.4, -0.2) is 0 Å². The van der Waals surface area contributed by atoms with Gasteiger partial charge in [-0.25, -0.2) is 0 Å². The molecule has 0 bridgehead atoms. The molecule has 0 N–H and O–H groups in total. The second-order valence-corrected chi connectivity index (χ2v) is 2.92. The van der Waals surface area contributed by atoms with Gasteiger partial charge in [0.15, 0.2) is 0 Å². The number of rotatable bonds is 1. The quantitative estimate of drug-likeness (QED) is 0.484. The Morgan fingerprint density at radius 3 is 3.20 bits per heavy atom. The van der Waals surface area contributed by atoms with Gasteiger partial charge in [-0.3, -0.25) is 0 Å². The van der Waals surface area contributed by atoms with Crippen molar-refractivity contribution in [3.63, 3.8) is 0 Å². The Morgan fingerprint density at radius 1 is 1.70 bits per heavy atom. The first-order valence-corrected chi connectivity index (χ1v) is 3.99. The highest BCUT2D eigenvalue weighted by Gasteiger charge is 2.03. The van der Waals surface area contributed by atoms with Gasteiger partial charge in [0.1, 0.15) is 0 Å². The molecule has 0 nitrogen and oxygen atoms in total. The van der Waals surface area contributed by atoms with Crippen molar-refractivity contribution in [2.24, 2.45) is 5.92 Å². The summed E-state index contributed by atoms with van der Waals surface area (Å²) in [5.41, 5.74) is 1.43. The largest absolute Gasteiger partial charge is 0.0951 e. The van der Waals surface area contributed by atoms with E-state index < -0.39 is 0 Å². The summed E-state index contributed by atoms with van der Waals surface area (Å²) in [7, 11) is 0. The van der Waals surface area contributed by atoms with Crippen molar-refractivity contribution < 1.29 is 0 Å². The highest BCUT2D eigenvalue weighted by molar-refractivity contribution is 5.23. The first-order chi connectivity index (χ1) is 4.83. The van der Waals surface area contributed by atoms with Crippen molar-refractivity contribution in [3.8, 4) is 11.8 Å². The zero-order chi connectivity index (χ0) is 7.40. The van der Waals surface area contributed by atoms with Crippen molar-refractivity contribution in [2.45, 2.75) is 33.1 Å². The summed E-state index contributed by atoms with van der Waals surface area (Å²) in [6.45, 7) is 4.37. The van der Waals surface area contributed by atoms with Crippen molar-refractivity contribution in [1.29, 1.82) is 0 Å². The van der Waals surface area contributed by atoms with Crippen LogP contribution >= 0.6 is 0 Å². The summed E-state index contributed by atoms with van der Waals surface area (Å²) in [4.78, 5) is 0. The van der Waals surface area contributed by atoms with Crippen LogP contribution < -0.4 is 0 Å². The minimum Gasteiger partial charge on any atom is -0.0951 e. The van der Waals surface area contributed by atoms with Crippen LogP contribution in [0.1, 0.15) is 33.1 Å². The van der Waals surface area contributed by atoms with E-state index >= 15 is 0 Å². The third kappa shape index (κ3) is 1.92. The zero-order valence-electron chi connectivity index (χ0n) is 6.78. The average Bonchev–Trinajstić information content (AvgIpc) is 2.14. The molecule has 1 atom stereocenters. The molecule has 0 heterocycles. The average molecular weight is 134 g/mol. The molecule has 0 fully saturated rings. The molecule has 1 unspecified atom stereocenters. The van der Waals surface area contributed by atoms with E-state index in [-0.39, 0.29) is 0 Å². The fourth-order valence-corrected chi connectivity index (χ4v) is 1.14. The Kier molecular flexibility index (Phi) is 2.57. The number of allylic oxidation sites excluding steroid dienone is 2. The van der Waals surface area contributed by atoms with E-state index in [0.717, 1.165) is 0 Å². The van der Waals surface area contributed by atoms with Gasteiger partial charge in [-0.05, 0) is 32.3 Å². The van der Waals surface area contributed by atoms with Crippen molar-refractivity contribution >= 4 is 0 Å². The lowest BCUT2D eigenvalue weighted by Crippen LogP contribution is -1.93. The summed E-state index contributed by atoms with van der Waals surface area (Å²) >= 11 is 0. The lowest BCUT2D eigenvalue weighted by atomic mass is 10.0. The molecule has 54 valence electrons. The first kappa shape index (κ1) is 7.41. The molecule has 10 heavy (non-hydrogen) atoms. The fourth-order valence-electron chi connectivity index (χ4n) is 1.14. The molecule has 0 aromatic rings. The molecule has 0 saturated carbocycles. The van der Waals surface area contributed by atoms with Gasteiger partial charge in [-0.1, -0.05) is 24.3 Å². The molecule has 0 aromatic carbocycles.